The molecule has 1 saturated heterocycles. The number of nitrogens with zero attached hydrogens (tertiary/aromatic N) is 2. The fraction of sp³-hybridized carbons (Fsp3) is 0.364. The maximum absolute atomic E-state index is 11.4. The highest BCUT2D eigenvalue weighted by molar-refractivity contribution is 6.37. The lowest BCUT2D eigenvalue weighted by atomic mass is 10.1. The lowest BCUT2D eigenvalue weighted by Crippen LogP contribution is -2.27. The Labute approximate surface area is 87.9 Å². The van der Waals surface area contributed by atoms with Crippen LogP contribution in [0.25, 0.3) is 0 Å². The van der Waals surface area contributed by atoms with Gasteiger partial charge in [0.05, 0.1) is 0 Å². The minimum atomic E-state index is -0.363. The molecule has 1 aromatic heterocycles. The first-order chi connectivity index (χ1) is 7.18. The van der Waals surface area contributed by atoms with Gasteiger partial charge in [0.1, 0.15) is 0 Å². The van der Waals surface area contributed by atoms with Crippen molar-refractivity contribution in [3.63, 3.8) is 0 Å². The fourth-order valence-corrected chi connectivity index (χ4v) is 1.64. The Kier molecular flexibility index (Phi) is 2.49. The summed E-state index contributed by atoms with van der Waals surface area (Å²) >= 11 is 0. The highest BCUT2D eigenvalue weighted by Gasteiger charge is 2.29. The summed E-state index contributed by atoms with van der Waals surface area (Å²) in [6.07, 6.45) is 3.80. The van der Waals surface area contributed by atoms with Gasteiger partial charge in [-0.05, 0) is 24.1 Å². The van der Waals surface area contributed by atoms with Gasteiger partial charge in [0.25, 0.3) is 5.91 Å². The Morgan fingerprint density at radius 3 is 2.87 bits per heavy atom. The number of amides is 1. The summed E-state index contributed by atoms with van der Waals surface area (Å²) in [4.78, 5) is 28.0. The van der Waals surface area contributed by atoms with Crippen LogP contribution in [0.2, 0.25) is 0 Å². The molecule has 0 radical (unpaired) electrons. The van der Waals surface area contributed by atoms with Crippen molar-refractivity contribution in [1.82, 2.24) is 9.88 Å². The van der Waals surface area contributed by atoms with Crippen molar-refractivity contribution in [2.45, 2.75) is 19.9 Å². The highest BCUT2D eigenvalue weighted by Crippen LogP contribution is 2.13. The third kappa shape index (κ3) is 1.88. The quantitative estimate of drug-likeness (QED) is 0.666. The second-order valence-electron chi connectivity index (χ2n) is 3.70. The van der Waals surface area contributed by atoms with E-state index in [2.05, 4.69) is 4.98 Å². The summed E-state index contributed by atoms with van der Waals surface area (Å²) in [5.74, 6) is -0.644. The number of Topliss-reactive ketones (excluding diaryl/α,β-unsaturated/α-hetero) is 1. The second kappa shape index (κ2) is 3.81. The lowest BCUT2D eigenvalue weighted by molar-refractivity contribution is -0.140. The zero-order valence-electron chi connectivity index (χ0n) is 8.56. The molecule has 1 amide bonds. The minimum absolute atomic E-state index is 0.281. The molecule has 1 aliphatic heterocycles. The smallest absolute Gasteiger partial charge is 0.290 e. The molecule has 0 spiro atoms. The monoisotopic (exact) mass is 204 g/mol. The molecule has 0 unspecified atom stereocenters. The van der Waals surface area contributed by atoms with Crippen molar-refractivity contribution >= 4 is 11.7 Å². The molecule has 0 saturated carbocycles. The summed E-state index contributed by atoms with van der Waals surface area (Å²) < 4.78 is 0. The molecule has 4 nitrogen and oxygen atoms in total. The number of rotatable bonds is 2. The Bertz CT molecular complexity index is 415. The predicted octanol–water partition coefficient (Wildman–Crippen LogP) is 0.691. The maximum Gasteiger partial charge on any atom is 0.290 e. The molecule has 1 fully saturated rings. The van der Waals surface area contributed by atoms with Gasteiger partial charge in [0.15, 0.2) is 0 Å². The van der Waals surface area contributed by atoms with Gasteiger partial charge in [-0.15, -0.1) is 0 Å². The van der Waals surface area contributed by atoms with E-state index in [1.54, 1.807) is 17.3 Å². The van der Waals surface area contributed by atoms with E-state index in [1.165, 1.54) is 0 Å². The topological polar surface area (TPSA) is 50.3 Å². The molecular formula is C11H12N2O2. The Balaban J connectivity index is 2.13. The standard InChI is InChI=1S/C11H12N2O2/c1-8-2-4-12-6-9(8)7-13-5-3-10(14)11(13)15/h2,4,6H,3,5,7H2,1H3. The number of pyridine rings is 1. The minimum Gasteiger partial charge on any atom is -0.331 e. The number of aromatic nitrogens is 1. The van der Waals surface area contributed by atoms with Crippen LogP contribution >= 0.6 is 0 Å². The van der Waals surface area contributed by atoms with E-state index in [0.717, 1.165) is 11.1 Å². The van der Waals surface area contributed by atoms with Crippen molar-refractivity contribution in [2.24, 2.45) is 0 Å². The van der Waals surface area contributed by atoms with Crippen LogP contribution in [0, 0.1) is 6.92 Å². The van der Waals surface area contributed by atoms with Gasteiger partial charge < -0.3 is 4.90 Å². The number of likely N-dealkylation sites (tertiary alicyclic amines) is 1. The number of carbonyl (C=O) groups excluding carboxylic acids is 2. The van der Waals surface area contributed by atoms with Gasteiger partial charge in [0, 0.05) is 31.9 Å². The van der Waals surface area contributed by atoms with Crippen molar-refractivity contribution in [3.8, 4) is 0 Å². The first kappa shape index (κ1) is 9.83. The SMILES string of the molecule is Cc1ccncc1CN1CCC(=O)C1=O. The van der Waals surface area contributed by atoms with Crippen LogP contribution in [0.4, 0.5) is 0 Å². The highest BCUT2D eigenvalue weighted by atomic mass is 16.2. The molecule has 0 aromatic carbocycles. The number of aryl methyl sites for hydroxylation is 1. The predicted molar refractivity (Wildman–Crippen MR) is 54.0 cm³/mol. The summed E-state index contributed by atoms with van der Waals surface area (Å²) in [7, 11) is 0. The third-order valence-corrected chi connectivity index (χ3v) is 2.64. The van der Waals surface area contributed by atoms with Crippen LogP contribution in [0.3, 0.4) is 0 Å². The molecule has 1 aliphatic rings. The van der Waals surface area contributed by atoms with Crippen LogP contribution in [-0.4, -0.2) is 28.1 Å². The number of hydrogen-bond acceptors (Lipinski definition) is 3. The normalized spacial score (nSPS) is 16.2. The zero-order chi connectivity index (χ0) is 10.8. The number of ketones is 1. The molecule has 15 heavy (non-hydrogen) atoms. The Morgan fingerprint density at radius 2 is 2.27 bits per heavy atom. The summed E-state index contributed by atoms with van der Waals surface area (Å²) in [6.45, 7) is 3.00. The maximum atomic E-state index is 11.4. The molecule has 0 bridgehead atoms. The van der Waals surface area contributed by atoms with E-state index in [1.807, 2.05) is 13.0 Å². The van der Waals surface area contributed by atoms with E-state index in [-0.39, 0.29) is 11.7 Å². The molecule has 0 N–H and O–H groups in total. The van der Waals surface area contributed by atoms with E-state index >= 15 is 0 Å². The van der Waals surface area contributed by atoms with Crippen LogP contribution in [0.15, 0.2) is 18.5 Å². The largest absolute Gasteiger partial charge is 0.331 e. The Hall–Kier alpha value is -1.71. The molecule has 2 rings (SSSR count). The average molecular weight is 204 g/mol. The van der Waals surface area contributed by atoms with Crippen LogP contribution in [0.1, 0.15) is 17.5 Å². The van der Waals surface area contributed by atoms with Gasteiger partial charge in [-0.1, -0.05) is 0 Å². The third-order valence-electron chi connectivity index (χ3n) is 2.64. The van der Waals surface area contributed by atoms with E-state index < -0.39 is 0 Å². The first-order valence-corrected chi connectivity index (χ1v) is 4.90. The molecule has 0 aliphatic carbocycles. The zero-order valence-corrected chi connectivity index (χ0v) is 8.56. The molecule has 2 heterocycles. The van der Waals surface area contributed by atoms with Crippen LogP contribution < -0.4 is 0 Å². The van der Waals surface area contributed by atoms with Gasteiger partial charge in [-0.3, -0.25) is 14.6 Å². The van der Waals surface area contributed by atoms with Crippen LogP contribution in [0.5, 0.6) is 0 Å². The Morgan fingerprint density at radius 1 is 1.47 bits per heavy atom. The molecule has 1 aromatic rings. The molecule has 0 atom stereocenters. The summed E-state index contributed by atoms with van der Waals surface area (Å²) in [6, 6.07) is 1.90. The van der Waals surface area contributed by atoms with Gasteiger partial charge in [0.2, 0.25) is 5.78 Å². The van der Waals surface area contributed by atoms with E-state index in [4.69, 9.17) is 0 Å². The van der Waals surface area contributed by atoms with Crippen molar-refractivity contribution in [2.75, 3.05) is 6.54 Å². The number of carbonyl (C=O) groups is 2. The summed E-state index contributed by atoms with van der Waals surface area (Å²) in [5, 5.41) is 0. The van der Waals surface area contributed by atoms with E-state index in [0.29, 0.717) is 19.5 Å². The average Bonchev–Trinajstić information content (AvgIpc) is 2.53. The van der Waals surface area contributed by atoms with Crippen molar-refractivity contribution in [1.29, 1.82) is 0 Å². The lowest BCUT2D eigenvalue weighted by Gasteiger charge is -2.15. The van der Waals surface area contributed by atoms with Crippen molar-refractivity contribution < 1.29 is 9.59 Å². The van der Waals surface area contributed by atoms with Gasteiger partial charge in [-0.2, -0.15) is 0 Å². The fourth-order valence-electron chi connectivity index (χ4n) is 1.64. The number of hydrogen-bond donors (Lipinski definition) is 0. The van der Waals surface area contributed by atoms with E-state index in [9.17, 15) is 9.59 Å². The first-order valence-electron chi connectivity index (χ1n) is 4.90. The summed E-state index contributed by atoms with van der Waals surface area (Å²) in [5.41, 5.74) is 2.10. The molecule has 4 heteroatoms. The second-order valence-corrected chi connectivity index (χ2v) is 3.70. The van der Waals surface area contributed by atoms with Gasteiger partial charge in [-0.25, -0.2) is 0 Å². The molecule has 78 valence electrons. The van der Waals surface area contributed by atoms with Gasteiger partial charge >= 0.3 is 0 Å². The molecular weight excluding hydrogens is 192 g/mol. The van der Waals surface area contributed by atoms with Crippen molar-refractivity contribution in [3.05, 3.63) is 29.6 Å². The van der Waals surface area contributed by atoms with Crippen LogP contribution in [-0.2, 0) is 16.1 Å².